The standard InChI is InChI=1S/C13H27NO4S/c1-17-10-11-18-9-4-3-8-14-12-6-5-7-13(12)19(2,15)16/h12-14H,3-11H2,1-2H3. The largest absolute Gasteiger partial charge is 0.382 e. The quantitative estimate of drug-likeness (QED) is 0.608. The molecule has 0 aromatic heterocycles. The van der Waals surface area contributed by atoms with Crippen LogP contribution >= 0.6 is 0 Å². The molecule has 19 heavy (non-hydrogen) atoms. The van der Waals surface area contributed by atoms with E-state index in [2.05, 4.69) is 5.32 Å². The summed E-state index contributed by atoms with van der Waals surface area (Å²) < 4.78 is 33.5. The van der Waals surface area contributed by atoms with Crippen LogP contribution in [0.2, 0.25) is 0 Å². The van der Waals surface area contributed by atoms with Crippen LogP contribution in [0.15, 0.2) is 0 Å². The molecule has 6 heteroatoms. The van der Waals surface area contributed by atoms with Crippen molar-refractivity contribution < 1.29 is 17.9 Å². The molecule has 0 bridgehead atoms. The van der Waals surface area contributed by atoms with Crippen LogP contribution in [0.3, 0.4) is 0 Å². The third-order valence-corrected chi connectivity index (χ3v) is 5.22. The number of ether oxygens (including phenoxy) is 2. The van der Waals surface area contributed by atoms with Gasteiger partial charge >= 0.3 is 0 Å². The second-order valence-electron chi connectivity index (χ2n) is 5.17. The van der Waals surface area contributed by atoms with Gasteiger partial charge in [0.1, 0.15) is 0 Å². The highest BCUT2D eigenvalue weighted by Gasteiger charge is 2.33. The second-order valence-corrected chi connectivity index (χ2v) is 7.44. The molecule has 2 unspecified atom stereocenters. The summed E-state index contributed by atoms with van der Waals surface area (Å²) in [7, 11) is -1.25. The van der Waals surface area contributed by atoms with Gasteiger partial charge in [-0.2, -0.15) is 0 Å². The lowest BCUT2D eigenvalue weighted by atomic mass is 10.2. The Morgan fingerprint density at radius 1 is 1.16 bits per heavy atom. The molecule has 114 valence electrons. The summed E-state index contributed by atoms with van der Waals surface area (Å²) in [5, 5.41) is 3.19. The summed E-state index contributed by atoms with van der Waals surface area (Å²) in [5.41, 5.74) is 0. The first-order chi connectivity index (χ1) is 9.05. The molecule has 1 saturated carbocycles. The number of nitrogens with one attached hydrogen (secondary N) is 1. The number of rotatable bonds is 10. The zero-order valence-electron chi connectivity index (χ0n) is 12.1. The second kappa shape index (κ2) is 8.89. The molecule has 0 aliphatic heterocycles. The Bertz CT molecular complexity index is 332. The number of unbranched alkanes of at least 4 members (excludes halogenated alkanes) is 1. The van der Waals surface area contributed by atoms with E-state index in [-0.39, 0.29) is 11.3 Å². The van der Waals surface area contributed by atoms with Crippen molar-refractivity contribution in [1.82, 2.24) is 5.32 Å². The van der Waals surface area contributed by atoms with Crippen LogP contribution in [0, 0.1) is 0 Å². The first-order valence-corrected chi connectivity index (χ1v) is 9.00. The van der Waals surface area contributed by atoms with Crippen molar-refractivity contribution in [3.8, 4) is 0 Å². The zero-order chi connectivity index (χ0) is 14.1. The maximum Gasteiger partial charge on any atom is 0.151 e. The average Bonchev–Trinajstić information content (AvgIpc) is 2.81. The Hall–Kier alpha value is -0.170. The molecule has 1 N–H and O–H groups in total. The van der Waals surface area contributed by atoms with Crippen molar-refractivity contribution in [2.24, 2.45) is 0 Å². The van der Waals surface area contributed by atoms with Crippen molar-refractivity contribution >= 4 is 9.84 Å². The van der Waals surface area contributed by atoms with Crippen molar-refractivity contribution in [1.29, 1.82) is 0 Å². The molecule has 1 aliphatic carbocycles. The van der Waals surface area contributed by atoms with E-state index in [0.29, 0.717) is 13.2 Å². The van der Waals surface area contributed by atoms with Gasteiger partial charge in [0, 0.05) is 26.0 Å². The highest BCUT2D eigenvalue weighted by molar-refractivity contribution is 7.91. The van der Waals surface area contributed by atoms with E-state index in [1.54, 1.807) is 7.11 Å². The van der Waals surface area contributed by atoms with Crippen molar-refractivity contribution in [2.45, 2.75) is 43.4 Å². The van der Waals surface area contributed by atoms with Crippen LogP contribution in [0.5, 0.6) is 0 Å². The average molecular weight is 293 g/mol. The predicted molar refractivity (Wildman–Crippen MR) is 76.2 cm³/mol. The molecule has 1 aliphatic rings. The van der Waals surface area contributed by atoms with E-state index in [1.165, 1.54) is 6.26 Å². The Kier molecular flexibility index (Phi) is 7.90. The van der Waals surface area contributed by atoms with Crippen LogP contribution in [0.1, 0.15) is 32.1 Å². The van der Waals surface area contributed by atoms with Gasteiger partial charge in [0.25, 0.3) is 0 Å². The van der Waals surface area contributed by atoms with E-state index in [1.807, 2.05) is 0 Å². The van der Waals surface area contributed by atoms with Gasteiger partial charge in [0.2, 0.25) is 0 Å². The third kappa shape index (κ3) is 6.70. The minimum Gasteiger partial charge on any atom is -0.382 e. The predicted octanol–water partition coefficient (Wildman–Crippen LogP) is 0.985. The van der Waals surface area contributed by atoms with Crippen LogP contribution in [-0.4, -0.2) is 59.4 Å². The first kappa shape index (κ1) is 16.9. The minimum absolute atomic E-state index is 0.143. The lowest BCUT2D eigenvalue weighted by molar-refractivity contribution is 0.0687. The van der Waals surface area contributed by atoms with E-state index < -0.39 is 9.84 Å². The molecular weight excluding hydrogens is 266 g/mol. The maximum atomic E-state index is 11.6. The van der Waals surface area contributed by atoms with Crippen LogP contribution in [-0.2, 0) is 19.3 Å². The molecular formula is C13H27NO4S. The molecule has 0 aromatic rings. The summed E-state index contributed by atoms with van der Waals surface area (Å²) in [6, 6.07) is 0.143. The first-order valence-electron chi connectivity index (χ1n) is 7.04. The monoisotopic (exact) mass is 293 g/mol. The summed E-state index contributed by atoms with van der Waals surface area (Å²) >= 11 is 0. The lowest BCUT2D eigenvalue weighted by Gasteiger charge is -2.19. The van der Waals surface area contributed by atoms with E-state index in [9.17, 15) is 8.42 Å². The minimum atomic E-state index is -2.91. The Morgan fingerprint density at radius 3 is 2.63 bits per heavy atom. The SMILES string of the molecule is COCCOCCCCNC1CCCC1S(C)(=O)=O. The van der Waals surface area contributed by atoms with Gasteiger partial charge in [-0.05, 0) is 32.2 Å². The fourth-order valence-corrected chi connectivity index (χ4v) is 3.96. The Balaban J connectivity index is 2.06. The fourth-order valence-electron chi connectivity index (χ4n) is 2.53. The van der Waals surface area contributed by atoms with Gasteiger partial charge in [0.15, 0.2) is 9.84 Å². The molecule has 5 nitrogen and oxygen atoms in total. The summed E-state index contributed by atoms with van der Waals surface area (Å²) in [5.74, 6) is 0. The topological polar surface area (TPSA) is 64.6 Å². The van der Waals surface area contributed by atoms with Gasteiger partial charge in [0.05, 0.1) is 18.5 Å². The van der Waals surface area contributed by atoms with Crippen molar-refractivity contribution in [3.05, 3.63) is 0 Å². The third-order valence-electron chi connectivity index (χ3n) is 3.56. The summed E-state index contributed by atoms with van der Waals surface area (Å²) in [6.45, 7) is 2.88. The Labute approximate surface area is 117 Å². The maximum absolute atomic E-state index is 11.6. The van der Waals surface area contributed by atoms with Crippen molar-refractivity contribution in [3.63, 3.8) is 0 Å². The van der Waals surface area contributed by atoms with Crippen molar-refractivity contribution in [2.75, 3.05) is 39.7 Å². The molecule has 0 radical (unpaired) electrons. The van der Waals surface area contributed by atoms with E-state index in [4.69, 9.17) is 9.47 Å². The molecule has 0 heterocycles. The summed E-state index contributed by atoms with van der Waals surface area (Å²) in [4.78, 5) is 0. The number of methoxy groups -OCH3 is 1. The highest BCUT2D eigenvalue weighted by atomic mass is 32.2. The van der Waals surface area contributed by atoms with Crippen LogP contribution < -0.4 is 5.32 Å². The fraction of sp³-hybridized carbons (Fsp3) is 1.00. The van der Waals surface area contributed by atoms with Gasteiger partial charge in [-0.15, -0.1) is 0 Å². The molecule has 0 aromatic carbocycles. The smallest absolute Gasteiger partial charge is 0.151 e. The van der Waals surface area contributed by atoms with Gasteiger partial charge in [-0.1, -0.05) is 6.42 Å². The molecule has 2 atom stereocenters. The molecule has 1 rings (SSSR count). The van der Waals surface area contributed by atoms with Gasteiger partial charge < -0.3 is 14.8 Å². The van der Waals surface area contributed by atoms with E-state index >= 15 is 0 Å². The number of hydrogen-bond donors (Lipinski definition) is 1. The molecule has 0 spiro atoms. The summed E-state index contributed by atoms with van der Waals surface area (Å²) in [6.07, 6.45) is 6.14. The molecule has 1 fully saturated rings. The zero-order valence-corrected chi connectivity index (χ0v) is 12.9. The highest BCUT2D eigenvalue weighted by Crippen LogP contribution is 2.24. The lowest BCUT2D eigenvalue weighted by Crippen LogP contribution is -2.40. The normalized spacial score (nSPS) is 23.9. The molecule has 0 saturated heterocycles. The van der Waals surface area contributed by atoms with Gasteiger partial charge in [-0.25, -0.2) is 8.42 Å². The number of hydrogen-bond acceptors (Lipinski definition) is 5. The Morgan fingerprint density at radius 2 is 1.95 bits per heavy atom. The molecule has 0 amide bonds. The van der Waals surface area contributed by atoms with E-state index in [0.717, 1.165) is 45.3 Å². The van der Waals surface area contributed by atoms with Crippen LogP contribution in [0.25, 0.3) is 0 Å². The number of sulfone groups is 1. The van der Waals surface area contributed by atoms with Gasteiger partial charge in [-0.3, -0.25) is 0 Å². The van der Waals surface area contributed by atoms with Crippen LogP contribution in [0.4, 0.5) is 0 Å².